The van der Waals surface area contributed by atoms with Gasteiger partial charge in [0.1, 0.15) is 0 Å². The van der Waals surface area contributed by atoms with Crippen LogP contribution in [-0.4, -0.2) is 38.3 Å². The number of carbonyl (C=O) groups excluding carboxylic acids is 1. The van der Waals surface area contributed by atoms with Gasteiger partial charge in [0.2, 0.25) is 15.9 Å². The second-order valence-electron chi connectivity index (χ2n) is 6.01. The third-order valence-electron chi connectivity index (χ3n) is 4.22. The van der Waals surface area contributed by atoms with Crippen LogP contribution in [-0.2, 0) is 14.8 Å². The second-order valence-corrected chi connectivity index (χ2v) is 7.95. The molecule has 1 heterocycles. The zero-order valence-electron chi connectivity index (χ0n) is 13.7. The predicted octanol–water partition coefficient (Wildman–Crippen LogP) is 2.39. The summed E-state index contributed by atoms with van der Waals surface area (Å²) in [6, 6.07) is 8.43. The number of sulfonamides is 1. The first-order chi connectivity index (χ1) is 11.1. The molecule has 128 valence electrons. The Morgan fingerprint density at radius 2 is 2.00 bits per heavy atom. The number of unbranched alkanes of at least 4 members (excludes halogenated alkanes) is 2. The van der Waals surface area contributed by atoms with Crippen molar-refractivity contribution in [1.82, 2.24) is 9.62 Å². The summed E-state index contributed by atoms with van der Waals surface area (Å²) in [6.45, 7) is 3.55. The van der Waals surface area contributed by atoms with E-state index in [0.717, 1.165) is 32.1 Å². The molecule has 23 heavy (non-hydrogen) atoms. The molecule has 0 radical (unpaired) electrons. The van der Waals surface area contributed by atoms with Crippen LogP contribution in [0.25, 0.3) is 0 Å². The SMILES string of the molecule is CCCCCNC(=O)C1CCCN(S(=O)(=O)c2ccccc2)C1. The molecule has 1 aromatic rings. The molecule has 1 aliphatic heterocycles. The van der Waals surface area contributed by atoms with Crippen molar-refractivity contribution in [2.75, 3.05) is 19.6 Å². The first-order valence-corrected chi connectivity index (χ1v) is 9.82. The molecule has 1 atom stereocenters. The molecular formula is C17H26N2O3S. The highest BCUT2D eigenvalue weighted by molar-refractivity contribution is 7.89. The largest absolute Gasteiger partial charge is 0.356 e. The van der Waals surface area contributed by atoms with Gasteiger partial charge < -0.3 is 5.32 Å². The van der Waals surface area contributed by atoms with Gasteiger partial charge in [0.15, 0.2) is 0 Å². The van der Waals surface area contributed by atoms with Crippen molar-refractivity contribution in [2.45, 2.75) is 43.9 Å². The highest BCUT2D eigenvalue weighted by Gasteiger charge is 2.32. The molecule has 1 saturated heterocycles. The molecule has 1 N–H and O–H groups in total. The number of piperidine rings is 1. The van der Waals surface area contributed by atoms with Gasteiger partial charge in [-0.1, -0.05) is 38.0 Å². The molecule has 0 saturated carbocycles. The topological polar surface area (TPSA) is 66.5 Å². The van der Waals surface area contributed by atoms with E-state index in [0.29, 0.717) is 18.0 Å². The van der Waals surface area contributed by atoms with Gasteiger partial charge in [0, 0.05) is 19.6 Å². The van der Waals surface area contributed by atoms with E-state index in [1.165, 1.54) is 4.31 Å². The molecule has 0 aromatic heterocycles. The van der Waals surface area contributed by atoms with E-state index < -0.39 is 10.0 Å². The van der Waals surface area contributed by atoms with E-state index in [9.17, 15) is 13.2 Å². The van der Waals surface area contributed by atoms with Gasteiger partial charge in [-0.3, -0.25) is 4.79 Å². The fourth-order valence-electron chi connectivity index (χ4n) is 2.85. The molecule has 0 bridgehead atoms. The molecule has 1 amide bonds. The molecule has 0 spiro atoms. The van der Waals surface area contributed by atoms with Crippen LogP contribution in [0, 0.1) is 5.92 Å². The summed E-state index contributed by atoms with van der Waals surface area (Å²) in [5.74, 6) is -0.266. The molecule has 2 rings (SSSR count). The van der Waals surface area contributed by atoms with Crippen LogP contribution >= 0.6 is 0 Å². The van der Waals surface area contributed by atoms with Gasteiger partial charge in [-0.2, -0.15) is 4.31 Å². The Morgan fingerprint density at radius 1 is 1.26 bits per heavy atom. The molecule has 1 aliphatic rings. The third kappa shape index (κ3) is 4.78. The molecule has 1 unspecified atom stereocenters. The Labute approximate surface area is 139 Å². The van der Waals surface area contributed by atoms with Crippen molar-refractivity contribution in [3.05, 3.63) is 30.3 Å². The maximum atomic E-state index is 12.6. The van der Waals surface area contributed by atoms with Crippen LogP contribution in [0.2, 0.25) is 0 Å². The monoisotopic (exact) mass is 338 g/mol. The Morgan fingerprint density at radius 3 is 2.70 bits per heavy atom. The fourth-order valence-corrected chi connectivity index (χ4v) is 4.39. The van der Waals surface area contributed by atoms with Crippen LogP contribution in [0.5, 0.6) is 0 Å². The maximum Gasteiger partial charge on any atom is 0.243 e. The lowest BCUT2D eigenvalue weighted by Gasteiger charge is -2.31. The zero-order chi connectivity index (χ0) is 16.7. The Hall–Kier alpha value is -1.40. The van der Waals surface area contributed by atoms with E-state index in [2.05, 4.69) is 12.2 Å². The zero-order valence-corrected chi connectivity index (χ0v) is 14.5. The van der Waals surface area contributed by atoms with E-state index in [4.69, 9.17) is 0 Å². The summed E-state index contributed by atoms with van der Waals surface area (Å²) in [7, 11) is -3.50. The van der Waals surface area contributed by atoms with Gasteiger partial charge >= 0.3 is 0 Å². The average molecular weight is 338 g/mol. The average Bonchev–Trinajstić information content (AvgIpc) is 2.59. The minimum absolute atomic E-state index is 0.0194. The number of hydrogen-bond donors (Lipinski definition) is 1. The highest BCUT2D eigenvalue weighted by atomic mass is 32.2. The number of benzene rings is 1. The van der Waals surface area contributed by atoms with Crippen LogP contribution < -0.4 is 5.32 Å². The smallest absolute Gasteiger partial charge is 0.243 e. The van der Waals surface area contributed by atoms with Gasteiger partial charge in [0.05, 0.1) is 10.8 Å². The van der Waals surface area contributed by atoms with Crippen molar-refractivity contribution in [3.63, 3.8) is 0 Å². The summed E-state index contributed by atoms with van der Waals surface area (Å²) in [6.07, 6.45) is 4.66. The maximum absolute atomic E-state index is 12.6. The molecule has 5 nitrogen and oxygen atoms in total. The minimum Gasteiger partial charge on any atom is -0.356 e. The Kier molecular flexibility index (Phi) is 6.59. The first-order valence-electron chi connectivity index (χ1n) is 8.38. The molecule has 0 aliphatic carbocycles. The van der Waals surface area contributed by atoms with E-state index in [1.54, 1.807) is 30.3 Å². The van der Waals surface area contributed by atoms with Crippen molar-refractivity contribution in [1.29, 1.82) is 0 Å². The quantitative estimate of drug-likeness (QED) is 0.776. The van der Waals surface area contributed by atoms with E-state index >= 15 is 0 Å². The fraction of sp³-hybridized carbons (Fsp3) is 0.588. The van der Waals surface area contributed by atoms with Gasteiger partial charge in [0.25, 0.3) is 0 Å². The number of carbonyl (C=O) groups is 1. The van der Waals surface area contributed by atoms with Crippen molar-refractivity contribution in [3.8, 4) is 0 Å². The minimum atomic E-state index is -3.50. The molecule has 1 fully saturated rings. The standard InChI is InChI=1S/C17H26N2O3S/c1-2-3-7-12-18-17(20)15-9-8-13-19(14-15)23(21,22)16-10-5-4-6-11-16/h4-6,10-11,15H,2-3,7-9,12-14H2,1H3,(H,18,20). The number of amides is 1. The van der Waals surface area contributed by atoms with E-state index in [-0.39, 0.29) is 18.4 Å². The Bertz CT molecular complexity index is 602. The van der Waals surface area contributed by atoms with Crippen molar-refractivity contribution < 1.29 is 13.2 Å². The third-order valence-corrected chi connectivity index (χ3v) is 6.09. The number of rotatable bonds is 7. The summed E-state index contributed by atoms with van der Waals surface area (Å²) in [5, 5.41) is 2.94. The van der Waals surface area contributed by atoms with Crippen molar-refractivity contribution >= 4 is 15.9 Å². The normalized spacial score (nSPS) is 19.4. The van der Waals surface area contributed by atoms with E-state index in [1.807, 2.05) is 0 Å². The van der Waals surface area contributed by atoms with Crippen LogP contribution in [0.4, 0.5) is 0 Å². The lowest BCUT2D eigenvalue weighted by Crippen LogP contribution is -2.45. The molecule has 6 heteroatoms. The summed E-state index contributed by atoms with van der Waals surface area (Å²) < 4.78 is 26.7. The highest BCUT2D eigenvalue weighted by Crippen LogP contribution is 2.23. The van der Waals surface area contributed by atoms with Crippen LogP contribution in [0.15, 0.2) is 35.2 Å². The lowest BCUT2D eigenvalue weighted by molar-refractivity contribution is -0.126. The molecule has 1 aromatic carbocycles. The summed E-state index contributed by atoms with van der Waals surface area (Å²) >= 11 is 0. The lowest BCUT2D eigenvalue weighted by atomic mass is 9.99. The summed E-state index contributed by atoms with van der Waals surface area (Å²) in [5.41, 5.74) is 0. The number of hydrogen-bond acceptors (Lipinski definition) is 3. The van der Waals surface area contributed by atoms with Gasteiger partial charge in [-0.15, -0.1) is 0 Å². The predicted molar refractivity (Wildman–Crippen MR) is 90.5 cm³/mol. The molecular weight excluding hydrogens is 312 g/mol. The van der Waals surface area contributed by atoms with Crippen LogP contribution in [0.1, 0.15) is 39.0 Å². The second kappa shape index (κ2) is 8.45. The Balaban J connectivity index is 1.96. The van der Waals surface area contributed by atoms with Gasteiger partial charge in [-0.25, -0.2) is 8.42 Å². The summed E-state index contributed by atoms with van der Waals surface area (Å²) in [4.78, 5) is 12.5. The number of nitrogens with one attached hydrogen (secondary N) is 1. The number of nitrogens with zero attached hydrogens (tertiary/aromatic N) is 1. The first kappa shape index (κ1) is 17.9. The van der Waals surface area contributed by atoms with Crippen molar-refractivity contribution in [2.24, 2.45) is 5.92 Å². The van der Waals surface area contributed by atoms with Crippen LogP contribution in [0.3, 0.4) is 0 Å². The van der Waals surface area contributed by atoms with Gasteiger partial charge in [-0.05, 0) is 31.4 Å².